The van der Waals surface area contributed by atoms with Crippen LogP contribution in [0.25, 0.3) is 0 Å². The number of benzene rings is 1. The minimum atomic E-state index is -3.55. The van der Waals surface area contributed by atoms with Gasteiger partial charge in [-0.3, -0.25) is 0 Å². The van der Waals surface area contributed by atoms with Gasteiger partial charge in [0.2, 0.25) is 10.0 Å². The zero-order chi connectivity index (χ0) is 14.0. The molecule has 1 saturated heterocycles. The summed E-state index contributed by atoms with van der Waals surface area (Å²) in [6, 6.07) is 3.85. The number of aliphatic hydroxyl groups is 1. The Bertz CT molecular complexity index is 551. The summed E-state index contributed by atoms with van der Waals surface area (Å²) in [5.74, 6) is -0.223. The molecule has 1 aliphatic rings. The third-order valence-corrected chi connectivity index (χ3v) is 5.49. The molecular formula is C13H18FNO3S. The smallest absolute Gasteiger partial charge is 0.243 e. The second-order valence-corrected chi connectivity index (χ2v) is 6.88. The van der Waals surface area contributed by atoms with E-state index in [1.807, 2.05) is 0 Å². The van der Waals surface area contributed by atoms with Crippen molar-refractivity contribution in [1.29, 1.82) is 0 Å². The number of piperidine rings is 1. The number of rotatable bonds is 3. The van der Waals surface area contributed by atoms with Crippen molar-refractivity contribution in [2.24, 2.45) is 5.92 Å². The van der Waals surface area contributed by atoms with Gasteiger partial charge in [-0.15, -0.1) is 0 Å². The monoisotopic (exact) mass is 287 g/mol. The van der Waals surface area contributed by atoms with E-state index < -0.39 is 15.8 Å². The van der Waals surface area contributed by atoms with Gasteiger partial charge in [-0.05, 0) is 49.4 Å². The molecule has 0 amide bonds. The van der Waals surface area contributed by atoms with Crippen molar-refractivity contribution in [3.63, 3.8) is 0 Å². The van der Waals surface area contributed by atoms with Crippen LogP contribution in [-0.4, -0.2) is 37.5 Å². The quantitative estimate of drug-likeness (QED) is 0.917. The number of aryl methyl sites for hydroxylation is 1. The first kappa shape index (κ1) is 14.4. The molecule has 0 spiro atoms. The molecule has 2 rings (SSSR count). The topological polar surface area (TPSA) is 57.6 Å². The summed E-state index contributed by atoms with van der Waals surface area (Å²) in [7, 11) is -3.55. The van der Waals surface area contributed by atoms with Crippen LogP contribution in [0.4, 0.5) is 4.39 Å². The normalized spacial score (nSPS) is 18.7. The van der Waals surface area contributed by atoms with Crippen LogP contribution in [-0.2, 0) is 10.0 Å². The van der Waals surface area contributed by atoms with Gasteiger partial charge in [0.15, 0.2) is 0 Å². The Morgan fingerprint density at radius 2 is 2.00 bits per heavy atom. The lowest BCUT2D eigenvalue weighted by molar-refractivity contribution is 0.170. The second-order valence-electron chi connectivity index (χ2n) is 4.94. The van der Waals surface area contributed by atoms with Crippen LogP contribution >= 0.6 is 0 Å². The number of aliphatic hydroxyl groups excluding tert-OH is 1. The highest BCUT2D eigenvalue weighted by atomic mass is 32.2. The first-order chi connectivity index (χ1) is 8.95. The number of nitrogens with zero attached hydrogens (tertiary/aromatic N) is 1. The number of hydrogen-bond donors (Lipinski definition) is 1. The van der Waals surface area contributed by atoms with Gasteiger partial charge >= 0.3 is 0 Å². The molecule has 19 heavy (non-hydrogen) atoms. The molecule has 0 radical (unpaired) electrons. The fourth-order valence-electron chi connectivity index (χ4n) is 2.26. The zero-order valence-electron chi connectivity index (χ0n) is 10.8. The fraction of sp³-hybridized carbons (Fsp3) is 0.538. The number of hydrogen-bond acceptors (Lipinski definition) is 3. The van der Waals surface area contributed by atoms with E-state index in [4.69, 9.17) is 5.11 Å². The molecule has 1 aromatic rings. The van der Waals surface area contributed by atoms with Crippen LogP contribution < -0.4 is 0 Å². The van der Waals surface area contributed by atoms with E-state index in [2.05, 4.69) is 0 Å². The molecular weight excluding hydrogens is 269 g/mol. The minimum absolute atomic E-state index is 0.101. The van der Waals surface area contributed by atoms with Gasteiger partial charge in [0.05, 0.1) is 4.90 Å². The molecule has 0 bridgehead atoms. The molecule has 0 saturated carbocycles. The fourth-order valence-corrected chi connectivity index (χ4v) is 3.81. The van der Waals surface area contributed by atoms with E-state index in [0.717, 1.165) is 0 Å². The van der Waals surface area contributed by atoms with Crippen molar-refractivity contribution in [2.45, 2.75) is 24.7 Å². The van der Waals surface area contributed by atoms with Crippen LogP contribution in [0.15, 0.2) is 23.1 Å². The lowest BCUT2D eigenvalue weighted by atomic mass is 10.00. The van der Waals surface area contributed by atoms with Gasteiger partial charge in [0.1, 0.15) is 5.82 Å². The summed E-state index contributed by atoms with van der Waals surface area (Å²) >= 11 is 0. The summed E-state index contributed by atoms with van der Waals surface area (Å²) < 4.78 is 39.4. The molecule has 1 N–H and O–H groups in total. The number of halogens is 1. The lowest BCUT2D eigenvalue weighted by Gasteiger charge is -2.30. The highest BCUT2D eigenvalue weighted by Crippen LogP contribution is 2.24. The van der Waals surface area contributed by atoms with Crippen molar-refractivity contribution in [3.05, 3.63) is 29.6 Å². The van der Waals surface area contributed by atoms with Crippen molar-refractivity contribution in [1.82, 2.24) is 4.31 Å². The van der Waals surface area contributed by atoms with Crippen LogP contribution in [0.2, 0.25) is 0 Å². The SMILES string of the molecule is Cc1cc(S(=O)(=O)N2CCC(CO)CC2)ccc1F. The van der Waals surface area contributed by atoms with Gasteiger partial charge in [-0.25, -0.2) is 12.8 Å². The minimum Gasteiger partial charge on any atom is -0.396 e. The van der Waals surface area contributed by atoms with Crippen LogP contribution in [0.3, 0.4) is 0 Å². The first-order valence-electron chi connectivity index (χ1n) is 6.32. The maximum absolute atomic E-state index is 13.2. The van der Waals surface area contributed by atoms with E-state index in [1.165, 1.54) is 22.5 Å². The predicted molar refractivity (Wildman–Crippen MR) is 69.7 cm³/mol. The van der Waals surface area contributed by atoms with Gasteiger partial charge < -0.3 is 5.11 Å². The van der Waals surface area contributed by atoms with Gasteiger partial charge in [-0.1, -0.05) is 0 Å². The second kappa shape index (κ2) is 5.56. The maximum Gasteiger partial charge on any atom is 0.243 e. The third kappa shape index (κ3) is 2.96. The molecule has 4 nitrogen and oxygen atoms in total. The molecule has 0 atom stereocenters. The Labute approximate surface area is 112 Å². The molecule has 0 unspecified atom stereocenters. The predicted octanol–water partition coefficient (Wildman–Crippen LogP) is 1.53. The van der Waals surface area contributed by atoms with E-state index in [1.54, 1.807) is 6.92 Å². The molecule has 1 heterocycles. The zero-order valence-corrected chi connectivity index (χ0v) is 11.7. The first-order valence-corrected chi connectivity index (χ1v) is 7.76. The summed E-state index contributed by atoms with van der Waals surface area (Å²) in [5, 5.41) is 9.05. The Hall–Kier alpha value is -0.980. The van der Waals surface area contributed by atoms with Gasteiger partial charge in [0.25, 0.3) is 0 Å². The maximum atomic E-state index is 13.2. The van der Waals surface area contributed by atoms with E-state index >= 15 is 0 Å². The van der Waals surface area contributed by atoms with Crippen LogP contribution in [0, 0.1) is 18.7 Å². The van der Waals surface area contributed by atoms with E-state index in [0.29, 0.717) is 31.5 Å². The highest BCUT2D eigenvalue weighted by molar-refractivity contribution is 7.89. The van der Waals surface area contributed by atoms with E-state index in [9.17, 15) is 12.8 Å². The van der Waals surface area contributed by atoms with Crippen LogP contribution in [0.1, 0.15) is 18.4 Å². The van der Waals surface area contributed by atoms with Crippen molar-refractivity contribution >= 4 is 10.0 Å². The molecule has 1 fully saturated rings. The lowest BCUT2D eigenvalue weighted by Crippen LogP contribution is -2.39. The summed E-state index contributed by atoms with van der Waals surface area (Å²) in [4.78, 5) is 0.133. The highest BCUT2D eigenvalue weighted by Gasteiger charge is 2.29. The molecule has 1 aromatic carbocycles. The average Bonchev–Trinajstić information content (AvgIpc) is 2.41. The average molecular weight is 287 g/mol. The Morgan fingerprint density at radius 1 is 1.37 bits per heavy atom. The van der Waals surface area contributed by atoms with E-state index in [-0.39, 0.29) is 17.4 Å². The van der Waals surface area contributed by atoms with Gasteiger partial charge in [-0.2, -0.15) is 4.31 Å². The number of sulfonamides is 1. The summed E-state index contributed by atoms with van der Waals surface area (Å²) in [6.45, 7) is 2.46. The standard InChI is InChI=1S/C13H18FNO3S/c1-10-8-12(2-3-13(10)14)19(17,18)15-6-4-11(9-16)5-7-15/h2-3,8,11,16H,4-7,9H2,1H3. The molecule has 0 aliphatic carbocycles. The Morgan fingerprint density at radius 3 is 2.53 bits per heavy atom. The Kier molecular flexibility index (Phi) is 4.23. The third-order valence-electron chi connectivity index (χ3n) is 3.60. The molecule has 0 aromatic heterocycles. The molecule has 1 aliphatic heterocycles. The summed E-state index contributed by atoms with van der Waals surface area (Å²) in [5.41, 5.74) is 0.325. The largest absolute Gasteiger partial charge is 0.396 e. The molecule has 106 valence electrons. The summed E-state index contributed by atoms with van der Waals surface area (Å²) in [6.07, 6.45) is 1.33. The van der Waals surface area contributed by atoms with Crippen molar-refractivity contribution in [3.8, 4) is 0 Å². The van der Waals surface area contributed by atoms with Gasteiger partial charge in [0, 0.05) is 19.7 Å². The van der Waals surface area contributed by atoms with Crippen molar-refractivity contribution in [2.75, 3.05) is 19.7 Å². The van der Waals surface area contributed by atoms with Crippen LogP contribution in [0.5, 0.6) is 0 Å². The molecule has 6 heteroatoms. The van der Waals surface area contributed by atoms with Crippen molar-refractivity contribution < 1.29 is 17.9 Å². The Balaban J connectivity index is 2.21.